The molecule has 8 nitrogen and oxygen atoms in total. The second kappa shape index (κ2) is 11.8. The molecule has 4 atom stereocenters. The van der Waals surface area contributed by atoms with Crippen LogP contribution in [0.4, 0.5) is 0 Å². The third kappa shape index (κ3) is 6.37. The zero-order chi connectivity index (χ0) is 19.8. The number of hydrogen-bond acceptors (Lipinski definition) is 8. The van der Waals surface area contributed by atoms with Crippen LogP contribution in [0, 0.1) is 0 Å². The molecule has 3 rings (SSSR count). The summed E-state index contributed by atoms with van der Waals surface area (Å²) in [6.45, 7) is 12.6. The van der Waals surface area contributed by atoms with Crippen LogP contribution in [0.25, 0.3) is 0 Å². The first-order valence-electron chi connectivity index (χ1n) is 10.5. The quantitative estimate of drug-likeness (QED) is 0.430. The largest absolute Gasteiger partial charge is 0.382 e. The van der Waals surface area contributed by atoms with Gasteiger partial charge in [0, 0.05) is 79.1 Å². The Bertz CT molecular complexity index is 436. The maximum absolute atomic E-state index is 6.08. The predicted octanol–water partition coefficient (Wildman–Crippen LogP) is -1.12. The van der Waals surface area contributed by atoms with Gasteiger partial charge in [0.25, 0.3) is 0 Å². The van der Waals surface area contributed by atoms with Crippen LogP contribution in [0.15, 0.2) is 0 Å². The average Bonchev–Trinajstić information content (AvgIpc) is 3.03. The first-order valence-corrected chi connectivity index (χ1v) is 10.5. The van der Waals surface area contributed by atoms with Crippen molar-refractivity contribution in [1.29, 1.82) is 0 Å². The van der Waals surface area contributed by atoms with Crippen LogP contribution in [0.5, 0.6) is 0 Å². The van der Waals surface area contributed by atoms with Crippen LogP contribution in [0.1, 0.15) is 0 Å². The molecule has 2 radical (unpaired) electrons. The second-order valence-electron chi connectivity index (χ2n) is 7.77. The Balaban J connectivity index is 1.30. The fourth-order valence-corrected chi connectivity index (χ4v) is 4.19. The molecule has 0 aliphatic carbocycles. The van der Waals surface area contributed by atoms with Crippen molar-refractivity contribution >= 4 is 7.85 Å². The Morgan fingerprint density at radius 3 is 2.07 bits per heavy atom. The molecular formula is C19H36BN3O5. The molecular weight excluding hydrogens is 361 g/mol. The fourth-order valence-electron chi connectivity index (χ4n) is 4.19. The highest BCUT2D eigenvalue weighted by Crippen LogP contribution is 2.25. The molecule has 3 saturated heterocycles. The molecule has 0 bridgehead atoms. The Kier molecular flexibility index (Phi) is 9.46. The van der Waals surface area contributed by atoms with Gasteiger partial charge in [-0.3, -0.25) is 14.7 Å². The van der Waals surface area contributed by atoms with Crippen molar-refractivity contribution in [3.63, 3.8) is 0 Å². The van der Waals surface area contributed by atoms with Gasteiger partial charge in [-0.05, 0) is 0 Å². The van der Waals surface area contributed by atoms with Crippen molar-refractivity contribution in [3.8, 4) is 0 Å². The smallest absolute Gasteiger partial charge is 0.113 e. The lowest BCUT2D eigenvalue weighted by Crippen LogP contribution is -2.50. The van der Waals surface area contributed by atoms with Crippen LogP contribution in [0.2, 0.25) is 0 Å². The molecule has 3 heterocycles. The highest BCUT2D eigenvalue weighted by atomic mass is 16.6. The minimum Gasteiger partial charge on any atom is -0.382 e. The third-order valence-electron chi connectivity index (χ3n) is 5.97. The number of nitrogens with zero attached hydrogens (tertiary/aromatic N) is 3. The molecule has 0 spiro atoms. The zero-order valence-electron chi connectivity index (χ0n) is 17.5. The van der Waals surface area contributed by atoms with Crippen molar-refractivity contribution < 1.29 is 23.7 Å². The van der Waals surface area contributed by atoms with Gasteiger partial charge in [-0.25, -0.2) is 0 Å². The Morgan fingerprint density at radius 2 is 1.46 bits per heavy atom. The molecule has 3 fully saturated rings. The average molecular weight is 397 g/mol. The molecule has 28 heavy (non-hydrogen) atoms. The summed E-state index contributed by atoms with van der Waals surface area (Å²) in [6, 6.07) is -0.470. The van der Waals surface area contributed by atoms with E-state index in [0.29, 0.717) is 13.2 Å². The minimum absolute atomic E-state index is 0.176. The van der Waals surface area contributed by atoms with Gasteiger partial charge in [0.05, 0.1) is 26.4 Å². The molecule has 0 aromatic rings. The van der Waals surface area contributed by atoms with Crippen LogP contribution in [0.3, 0.4) is 0 Å². The monoisotopic (exact) mass is 397 g/mol. The molecule has 0 amide bonds. The minimum atomic E-state index is -0.470. The maximum Gasteiger partial charge on any atom is 0.113 e. The van der Waals surface area contributed by atoms with E-state index >= 15 is 0 Å². The number of hydrogen-bond donors (Lipinski definition) is 0. The van der Waals surface area contributed by atoms with E-state index in [1.165, 1.54) is 0 Å². The molecule has 0 aromatic heterocycles. The number of rotatable bonds is 10. The van der Waals surface area contributed by atoms with E-state index in [1.807, 2.05) is 0 Å². The highest BCUT2D eigenvalue weighted by Gasteiger charge is 2.43. The van der Waals surface area contributed by atoms with E-state index < -0.39 is 6.00 Å². The summed E-state index contributed by atoms with van der Waals surface area (Å²) in [5.41, 5.74) is 0. The van der Waals surface area contributed by atoms with Crippen molar-refractivity contribution in [1.82, 2.24) is 14.7 Å². The summed E-state index contributed by atoms with van der Waals surface area (Å²) in [6.07, 6.45) is -0.614. The number of morpholine rings is 1. The van der Waals surface area contributed by atoms with Gasteiger partial charge in [-0.15, -0.1) is 0 Å². The first kappa shape index (κ1) is 22.4. The Labute approximate surface area is 170 Å². The predicted molar refractivity (Wildman–Crippen MR) is 107 cm³/mol. The van der Waals surface area contributed by atoms with Gasteiger partial charge in [-0.2, -0.15) is 0 Å². The van der Waals surface area contributed by atoms with Crippen molar-refractivity contribution in [2.45, 2.75) is 24.3 Å². The van der Waals surface area contributed by atoms with Crippen molar-refractivity contribution in [2.24, 2.45) is 0 Å². The van der Waals surface area contributed by atoms with Gasteiger partial charge in [0.1, 0.15) is 26.2 Å². The molecule has 0 aromatic carbocycles. The number of methoxy groups -OCH3 is 2. The van der Waals surface area contributed by atoms with E-state index in [-0.39, 0.29) is 18.3 Å². The molecule has 3 aliphatic heterocycles. The third-order valence-corrected chi connectivity index (χ3v) is 5.97. The summed E-state index contributed by atoms with van der Waals surface area (Å²) >= 11 is 0. The summed E-state index contributed by atoms with van der Waals surface area (Å²) in [4.78, 5) is 7.52. The Morgan fingerprint density at radius 1 is 0.857 bits per heavy atom. The standard InChI is InChI=1S/C19H36BN3O5/c1-24-15-16-17(25-2)18(19(20)28-16)27-14-11-22-6-3-21(4-7-22)5-8-23-9-12-26-13-10-23/h16-19H,3-15H2,1-2H3/t16-,17?,18+,19-/m1/s1. The maximum atomic E-state index is 6.08. The fraction of sp³-hybridized carbons (Fsp3) is 1.00. The van der Waals surface area contributed by atoms with E-state index in [1.54, 1.807) is 14.2 Å². The van der Waals surface area contributed by atoms with Gasteiger partial charge in [0.2, 0.25) is 0 Å². The SMILES string of the molecule is [B][C@@H]1O[C@H](COC)C(OC)[C@@H]1OCCN1CCN(CCN2CCOCC2)CC1. The van der Waals surface area contributed by atoms with Crippen molar-refractivity contribution in [3.05, 3.63) is 0 Å². The normalized spacial score (nSPS) is 33.5. The topological polar surface area (TPSA) is 55.9 Å². The van der Waals surface area contributed by atoms with Gasteiger partial charge < -0.3 is 23.7 Å². The van der Waals surface area contributed by atoms with Crippen molar-refractivity contribution in [2.75, 3.05) is 99.5 Å². The van der Waals surface area contributed by atoms with Crippen LogP contribution in [-0.2, 0) is 23.7 Å². The first-order chi connectivity index (χ1) is 13.7. The van der Waals surface area contributed by atoms with Gasteiger partial charge in [0.15, 0.2) is 0 Å². The Hall–Kier alpha value is -0.255. The van der Waals surface area contributed by atoms with E-state index in [9.17, 15) is 0 Å². The lowest BCUT2D eigenvalue weighted by atomic mass is 9.93. The summed E-state index contributed by atoms with van der Waals surface area (Å²) in [7, 11) is 9.40. The van der Waals surface area contributed by atoms with Crippen LogP contribution in [-0.4, -0.2) is 146 Å². The summed E-state index contributed by atoms with van der Waals surface area (Å²) in [5, 5.41) is 0. The molecule has 0 saturated carbocycles. The van der Waals surface area contributed by atoms with Gasteiger partial charge >= 0.3 is 0 Å². The molecule has 3 aliphatic rings. The highest BCUT2D eigenvalue weighted by molar-refractivity contribution is 6.11. The summed E-state index contributed by atoms with van der Waals surface area (Å²) < 4.78 is 27.9. The molecule has 0 N–H and O–H groups in total. The molecule has 1 unspecified atom stereocenters. The second-order valence-corrected chi connectivity index (χ2v) is 7.77. The lowest BCUT2D eigenvalue weighted by molar-refractivity contribution is -0.0594. The van der Waals surface area contributed by atoms with E-state index in [2.05, 4.69) is 14.7 Å². The molecule has 160 valence electrons. The van der Waals surface area contributed by atoms with Crippen LogP contribution >= 0.6 is 0 Å². The number of piperazine rings is 1. The van der Waals surface area contributed by atoms with E-state index in [0.717, 1.165) is 72.1 Å². The van der Waals surface area contributed by atoms with Gasteiger partial charge in [-0.1, -0.05) is 0 Å². The number of ether oxygens (including phenoxy) is 5. The van der Waals surface area contributed by atoms with Crippen LogP contribution < -0.4 is 0 Å². The van der Waals surface area contributed by atoms with E-state index in [4.69, 9.17) is 31.5 Å². The lowest BCUT2D eigenvalue weighted by Gasteiger charge is -2.36. The summed E-state index contributed by atoms with van der Waals surface area (Å²) in [5.74, 6) is 0. The molecule has 9 heteroatoms. The zero-order valence-corrected chi connectivity index (χ0v) is 17.5.